The number of imide groups is 1. The third kappa shape index (κ3) is 5.26. The molecule has 2 amide bonds. The van der Waals surface area contributed by atoms with Gasteiger partial charge in [-0.1, -0.05) is 60.7 Å². The highest BCUT2D eigenvalue weighted by molar-refractivity contribution is 14.1. The van der Waals surface area contributed by atoms with Crippen LogP contribution >= 0.6 is 34.4 Å². The molecule has 1 saturated heterocycles. The fraction of sp³-hybridized carbons (Fsp3) is 0.0690. The Morgan fingerprint density at radius 1 is 0.973 bits per heavy atom. The average molecular weight is 621 g/mol. The van der Waals surface area contributed by atoms with Crippen LogP contribution in [0.4, 0.5) is 4.79 Å². The van der Waals surface area contributed by atoms with Crippen LogP contribution in [0.2, 0.25) is 0 Å². The van der Waals surface area contributed by atoms with Gasteiger partial charge in [0.15, 0.2) is 11.5 Å². The second-order valence-electron chi connectivity index (χ2n) is 8.20. The molecule has 4 aromatic rings. The first-order valence-electron chi connectivity index (χ1n) is 11.3. The van der Waals surface area contributed by atoms with Crippen molar-refractivity contribution in [3.8, 4) is 11.5 Å². The predicted molar refractivity (Wildman–Crippen MR) is 153 cm³/mol. The molecule has 0 unspecified atom stereocenters. The lowest BCUT2D eigenvalue weighted by molar-refractivity contribution is -0.123. The van der Waals surface area contributed by atoms with Gasteiger partial charge < -0.3 is 9.47 Å². The van der Waals surface area contributed by atoms with E-state index in [1.807, 2.05) is 48.5 Å². The zero-order chi connectivity index (χ0) is 25.9. The van der Waals surface area contributed by atoms with Crippen LogP contribution in [-0.4, -0.2) is 29.1 Å². The van der Waals surface area contributed by atoms with E-state index in [2.05, 4.69) is 22.6 Å². The summed E-state index contributed by atoms with van der Waals surface area (Å²) in [5, 5.41) is 1.74. The maximum atomic E-state index is 13.2. The number of carbonyl (C=O) groups excluding carboxylic acids is 3. The Bertz CT molecular complexity index is 1560. The summed E-state index contributed by atoms with van der Waals surface area (Å²) in [6, 6.07) is 25.9. The molecule has 0 N–H and O–H groups in total. The molecule has 1 heterocycles. The molecule has 37 heavy (non-hydrogen) atoms. The van der Waals surface area contributed by atoms with Gasteiger partial charge in [-0.25, -0.2) is 4.79 Å². The van der Waals surface area contributed by atoms with Crippen LogP contribution in [0.5, 0.6) is 11.5 Å². The molecule has 8 heteroatoms. The summed E-state index contributed by atoms with van der Waals surface area (Å²) >= 11 is 2.96. The monoisotopic (exact) mass is 621 g/mol. The molecular weight excluding hydrogens is 601 g/mol. The topological polar surface area (TPSA) is 72.9 Å². The molecule has 0 bridgehead atoms. The van der Waals surface area contributed by atoms with E-state index in [-0.39, 0.29) is 23.4 Å². The van der Waals surface area contributed by atoms with Gasteiger partial charge >= 0.3 is 5.97 Å². The number of hydrogen-bond acceptors (Lipinski definition) is 6. The fourth-order valence-electron chi connectivity index (χ4n) is 4.04. The van der Waals surface area contributed by atoms with Gasteiger partial charge in [0.1, 0.15) is 0 Å². The summed E-state index contributed by atoms with van der Waals surface area (Å²) in [5.41, 5.74) is 1.98. The highest BCUT2D eigenvalue weighted by Crippen LogP contribution is 2.38. The van der Waals surface area contributed by atoms with E-state index in [0.29, 0.717) is 25.4 Å². The third-order valence-corrected chi connectivity index (χ3v) is 7.54. The van der Waals surface area contributed by atoms with Gasteiger partial charge in [0.2, 0.25) is 0 Å². The Hall–Kier alpha value is -3.63. The number of esters is 1. The fourth-order valence-corrected chi connectivity index (χ4v) is 5.61. The van der Waals surface area contributed by atoms with E-state index in [1.54, 1.807) is 42.5 Å². The number of benzene rings is 4. The number of ether oxygens (including phenoxy) is 2. The van der Waals surface area contributed by atoms with Gasteiger partial charge in [-0.05, 0) is 86.6 Å². The molecule has 0 aliphatic carbocycles. The van der Waals surface area contributed by atoms with Crippen LogP contribution in [0.3, 0.4) is 0 Å². The summed E-state index contributed by atoms with van der Waals surface area (Å²) in [4.78, 5) is 40.1. The summed E-state index contributed by atoms with van der Waals surface area (Å²) < 4.78 is 11.7. The first kappa shape index (κ1) is 25.0. The molecule has 0 aromatic heterocycles. The van der Waals surface area contributed by atoms with Crippen molar-refractivity contribution in [1.29, 1.82) is 0 Å². The summed E-state index contributed by atoms with van der Waals surface area (Å²) in [5.74, 6) is -0.216. The quantitative estimate of drug-likeness (QED) is 0.101. The van der Waals surface area contributed by atoms with Crippen molar-refractivity contribution in [2.24, 2.45) is 0 Å². The maximum absolute atomic E-state index is 13.2. The Labute approximate surface area is 231 Å². The number of nitrogens with zero attached hydrogens (tertiary/aromatic N) is 1. The Morgan fingerprint density at radius 2 is 1.70 bits per heavy atom. The molecule has 4 aromatic carbocycles. The van der Waals surface area contributed by atoms with Crippen LogP contribution in [0.1, 0.15) is 21.5 Å². The molecule has 184 valence electrons. The largest absolute Gasteiger partial charge is 0.493 e. The minimum Gasteiger partial charge on any atom is -0.493 e. The van der Waals surface area contributed by atoms with E-state index < -0.39 is 5.97 Å². The Morgan fingerprint density at radius 3 is 2.49 bits per heavy atom. The SMILES string of the molecule is COc1cc(/C=C2\SC(=O)N(Cc3cccc4ccccc34)C2=O)cc(I)c1OC(=O)c1ccccc1. The van der Waals surface area contributed by atoms with Crippen LogP contribution in [-0.2, 0) is 11.3 Å². The number of rotatable bonds is 6. The Kier molecular flexibility index (Phi) is 7.29. The predicted octanol–water partition coefficient (Wildman–Crippen LogP) is 6.91. The summed E-state index contributed by atoms with van der Waals surface area (Å²) in [6.45, 7) is 0.193. The van der Waals surface area contributed by atoms with Crippen LogP contribution < -0.4 is 9.47 Å². The van der Waals surface area contributed by atoms with E-state index in [1.165, 1.54) is 12.0 Å². The summed E-state index contributed by atoms with van der Waals surface area (Å²) in [6.07, 6.45) is 1.65. The van der Waals surface area contributed by atoms with Crippen molar-refractivity contribution < 1.29 is 23.9 Å². The van der Waals surface area contributed by atoms with Gasteiger partial charge in [0.25, 0.3) is 11.1 Å². The van der Waals surface area contributed by atoms with Gasteiger partial charge in [0, 0.05) is 0 Å². The Balaban J connectivity index is 1.39. The molecular formula is C29H20INO5S. The molecule has 6 nitrogen and oxygen atoms in total. The highest BCUT2D eigenvalue weighted by atomic mass is 127. The smallest absolute Gasteiger partial charge is 0.343 e. The number of thioether (sulfide) groups is 1. The number of methoxy groups -OCH3 is 1. The second-order valence-corrected chi connectivity index (χ2v) is 10.4. The maximum Gasteiger partial charge on any atom is 0.343 e. The molecule has 1 aliphatic rings. The van der Waals surface area contributed by atoms with Gasteiger partial charge in [-0.3, -0.25) is 14.5 Å². The first-order chi connectivity index (χ1) is 17.9. The number of hydrogen-bond donors (Lipinski definition) is 0. The molecule has 1 aliphatic heterocycles. The number of fused-ring (bicyclic) bond motifs is 1. The van der Waals surface area contributed by atoms with Crippen molar-refractivity contribution in [2.75, 3.05) is 7.11 Å². The molecule has 0 saturated carbocycles. The second kappa shape index (κ2) is 10.8. The van der Waals surface area contributed by atoms with Crippen molar-refractivity contribution in [3.05, 3.63) is 110 Å². The van der Waals surface area contributed by atoms with Crippen molar-refractivity contribution in [3.63, 3.8) is 0 Å². The van der Waals surface area contributed by atoms with E-state index in [0.717, 1.165) is 28.1 Å². The summed E-state index contributed by atoms with van der Waals surface area (Å²) in [7, 11) is 1.48. The van der Waals surface area contributed by atoms with Crippen molar-refractivity contribution >= 4 is 68.3 Å². The van der Waals surface area contributed by atoms with Crippen LogP contribution in [0.25, 0.3) is 16.8 Å². The normalized spacial score (nSPS) is 14.4. The lowest BCUT2D eigenvalue weighted by Crippen LogP contribution is -2.27. The standard InChI is InChI=1S/C29H20INO5S/c1-35-24-15-18(14-23(30)26(24)36-28(33)20-9-3-2-4-10-20)16-25-27(32)31(29(34)37-25)17-21-12-7-11-19-8-5-6-13-22(19)21/h2-16H,17H2,1H3/b25-16-. The van der Waals surface area contributed by atoms with Gasteiger partial charge in [0.05, 0.1) is 27.7 Å². The van der Waals surface area contributed by atoms with Crippen molar-refractivity contribution in [1.82, 2.24) is 4.90 Å². The number of amides is 2. The van der Waals surface area contributed by atoms with Crippen molar-refractivity contribution in [2.45, 2.75) is 6.54 Å². The first-order valence-corrected chi connectivity index (χ1v) is 13.2. The third-order valence-electron chi connectivity index (χ3n) is 5.84. The van der Waals surface area contributed by atoms with E-state index >= 15 is 0 Å². The van der Waals surface area contributed by atoms with E-state index in [4.69, 9.17) is 9.47 Å². The zero-order valence-corrected chi connectivity index (χ0v) is 22.6. The molecule has 1 fully saturated rings. The highest BCUT2D eigenvalue weighted by Gasteiger charge is 2.35. The number of carbonyl (C=O) groups is 3. The average Bonchev–Trinajstić information content (AvgIpc) is 3.17. The lowest BCUT2D eigenvalue weighted by Gasteiger charge is -2.14. The minimum atomic E-state index is -0.501. The van der Waals surface area contributed by atoms with Gasteiger partial charge in [-0.2, -0.15) is 0 Å². The van der Waals surface area contributed by atoms with Crippen LogP contribution in [0, 0.1) is 3.57 Å². The van der Waals surface area contributed by atoms with Gasteiger partial charge in [-0.15, -0.1) is 0 Å². The minimum absolute atomic E-state index is 0.193. The lowest BCUT2D eigenvalue weighted by atomic mass is 10.0. The van der Waals surface area contributed by atoms with Crippen LogP contribution in [0.15, 0.2) is 89.8 Å². The molecule has 0 spiro atoms. The zero-order valence-electron chi connectivity index (χ0n) is 19.6. The molecule has 0 atom stereocenters. The molecule has 0 radical (unpaired) electrons. The number of halogens is 1. The van der Waals surface area contributed by atoms with E-state index in [9.17, 15) is 14.4 Å². The molecule has 5 rings (SSSR count).